The Hall–Kier alpha value is -2.04. The van der Waals surface area contributed by atoms with E-state index in [1.165, 1.54) is 0 Å². The monoisotopic (exact) mass is 288 g/mol. The van der Waals surface area contributed by atoms with Crippen LogP contribution in [0.15, 0.2) is 24.3 Å². The van der Waals surface area contributed by atoms with Gasteiger partial charge in [-0.15, -0.1) is 0 Å². The van der Waals surface area contributed by atoms with Crippen molar-refractivity contribution in [2.75, 3.05) is 13.7 Å². The number of carbonyl (C=O) groups excluding carboxylic acids is 2. The molecule has 2 aliphatic rings. The summed E-state index contributed by atoms with van der Waals surface area (Å²) in [5, 5.41) is 2.98. The molecular formula is C16H20N2O3. The summed E-state index contributed by atoms with van der Waals surface area (Å²) in [6, 6.07) is 8.01. The first-order valence-electron chi connectivity index (χ1n) is 7.37. The van der Waals surface area contributed by atoms with Crippen LogP contribution in [-0.2, 0) is 16.1 Å². The maximum atomic E-state index is 12.0. The summed E-state index contributed by atoms with van der Waals surface area (Å²) in [7, 11) is 1.63. The summed E-state index contributed by atoms with van der Waals surface area (Å²) in [6.07, 6.45) is 2.47. The molecule has 1 heterocycles. The Bertz CT molecular complexity index is 537. The van der Waals surface area contributed by atoms with E-state index in [2.05, 4.69) is 5.32 Å². The van der Waals surface area contributed by atoms with Crippen LogP contribution in [0.25, 0.3) is 0 Å². The fourth-order valence-electron chi connectivity index (χ4n) is 2.60. The third kappa shape index (κ3) is 3.35. The molecule has 1 aromatic rings. The van der Waals surface area contributed by atoms with E-state index in [1.54, 1.807) is 12.0 Å². The van der Waals surface area contributed by atoms with Gasteiger partial charge in [0.1, 0.15) is 5.75 Å². The van der Waals surface area contributed by atoms with Crippen LogP contribution < -0.4 is 10.1 Å². The van der Waals surface area contributed by atoms with Crippen molar-refractivity contribution < 1.29 is 14.3 Å². The molecule has 0 bridgehead atoms. The molecule has 21 heavy (non-hydrogen) atoms. The molecule has 0 aromatic heterocycles. The Balaban J connectivity index is 1.57. The highest BCUT2D eigenvalue weighted by Gasteiger charge is 2.36. The Morgan fingerprint density at radius 1 is 1.33 bits per heavy atom. The Morgan fingerprint density at radius 2 is 2.05 bits per heavy atom. The number of amides is 2. The lowest BCUT2D eigenvalue weighted by Gasteiger charge is -2.17. The molecule has 1 saturated heterocycles. The van der Waals surface area contributed by atoms with Crippen LogP contribution in [0.1, 0.15) is 24.8 Å². The van der Waals surface area contributed by atoms with Gasteiger partial charge in [0, 0.05) is 25.6 Å². The summed E-state index contributed by atoms with van der Waals surface area (Å²) < 4.78 is 5.12. The van der Waals surface area contributed by atoms with Crippen molar-refractivity contribution in [3.05, 3.63) is 29.8 Å². The first-order chi connectivity index (χ1) is 10.2. The normalized spacial score (nSPS) is 21.5. The highest BCUT2D eigenvalue weighted by Crippen LogP contribution is 2.24. The standard InChI is InChI=1S/C16H20N2O3/c1-21-14-6-2-11(3-7-14)9-18-10-12(8-15(18)19)16(20)17-13-4-5-13/h2-3,6-7,12-13H,4-5,8-10H2,1H3,(H,17,20). The number of ether oxygens (including phenoxy) is 1. The molecule has 1 unspecified atom stereocenters. The topological polar surface area (TPSA) is 58.6 Å². The predicted molar refractivity (Wildman–Crippen MR) is 77.7 cm³/mol. The van der Waals surface area contributed by atoms with Gasteiger partial charge in [-0.2, -0.15) is 0 Å². The zero-order chi connectivity index (χ0) is 14.8. The van der Waals surface area contributed by atoms with Gasteiger partial charge in [-0.25, -0.2) is 0 Å². The van der Waals surface area contributed by atoms with Gasteiger partial charge in [-0.3, -0.25) is 9.59 Å². The number of carbonyl (C=O) groups is 2. The van der Waals surface area contributed by atoms with E-state index in [0.717, 1.165) is 24.2 Å². The maximum Gasteiger partial charge on any atom is 0.225 e. The Morgan fingerprint density at radius 3 is 2.67 bits per heavy atom. The minimum atomic E-state index is -0.198. The third-order valence-corrected chi connectivity index (χ3v) is 4.04. The zero-order valence-electron chi connectivity index (χ0n) is 12.2. The Kier molecular flexibility index (Phi) is 3.82. The fraction of sp³-hybridized carbons (Fsp3) is 0.500. The van der Waals surface area contributed by atoms with Crippen LogP contribution in [-0.4, -0.2) is 36.4 Å². The predicted octanol–water partition coefficient (Wildman–Crippen LogP) is 1.32. The van der Waals surface area contributed by atoms with Gasteiger partial charge in [0.25, 0.3) is 0 Å². The lowest BCUT2D eigenvalue weighted by Crippen LogP contribution is -2.34. The molecule has 112 valence electrons. The van der Waals surface area contributed by atoms with Crippen LogP contribution >= 0.6 is 0 Å². The van der Waals surface area contributed by atoms with Crippen LogP contribution in [0.4, 0.5) is 0 Å². The molecule has 1 aliphatic heterocycles. The smallest absolute Gasteiger partial charge is 0.225 e. The van der Waals surface area contributed by atoms with Crippen molar-refractivity contribution in [3.63, 3.8) is 0 Å². The lowest BCUT2D eigenvalue weighted by molar-refractivity contribution is -0.129. The van der Waals surface area contributed by atoms with E-state index >= 15 is 0 Å². The van der Waals surface area contributed by atoms with Crippen molar-refractivity contribution in [2.45, 2.75) is 31.8 Å². The zero-order valence-corrected chi connectivity index (χ0v) is 12.2. The molecular weight excluding hydrogens is 268 g/mol. The van der Waals surface area contributed by atoms with Crippen molar-refractivity contribution in [2.24, 2.45) is 5.92 Å². The molecule has 1 aromatic carbocycles. The molecule has 1 atom stereocenters. The number of hydrogen-bond donors (Lipinski definition) is 1. The molecule has 1 aliphatic carbocycles. The molecule has 0 spiro atoms. The highest BCUT2D eigenvalue weighted by molar-refractivity contribution is 5.89. The molecule has 1 N–H and O–H groups in total. The van der Waals surface area contributed by atoms with Gasteiger partial charge < -0.3 is 15.0 Å². The van der Waals surface area contributed by atoms with E-state index < -0.39 is 0 Å². The first kappa shape index (κ1) is 13.9. The van der Waals surface area contributed by atoms with Crippen LogP contribution in [0.5, 0.6) is 5.75 Å². The molecule has 2 fully saturated rings. The van der Waals surface area contributed by atoms with Gasteiger partial charge in [-0.1, -0.05) is 12.1 Å². The average molecular weight is 288 g/mol. The molecule has 0 radical (unpaired) electrons. The average Bonchev–Trinajstić information content (AvgIpc) is 3.23. The van der Waals surface area contributed by atoms with Crippen molar-refractivity contribution in [1.82, 2.24) is 10.2 Å². The van der Waals surface area contributed by atoms with Gasteiger partial charge in [0.15, 0.2) is 0 Å². The lowest BCUT2D eigenvalue weighted by atomic mass is 10.1. The number of hydrogen-bond acceptors (Lipinski definition) is 3. The summed E-state index contributed by atoms with van der Waals surface area (Å²) in [5.41, 5.74) is 1.05. The van der Waals surface area contributed by atoms with Gasteiger partial charge >= 0.3 is 0 Å². The summed E-state index contributed by atoms with van der Waals surface area (Å²) in [4.78, 5) is 25.8. The Labute approximate surface area is 124 Å². The first-order valence-corrected chi connectivity index (χ1v) is 7.37. The number of likely N-dealkylation sites (tertiary alicyclic amines) is 1. The summed E-state index contributed by atoms with van der Waals surface area (Å²) >= 11 is 0. The van der Waals surface area contributed by atoms with Gasteiger partial charge in [0.05, 0.1) is 13.0 Å². The van der Waals surface area contributed by atoms with Gasteiger partial charge in [0.2, 0.25) is 11.8 Å². The van der Waals surface area contributed by atoms with Gasteiger partial charge in [-0.05, 0) is 30.5 Å². The quantitative estimate of drug-likeness (QED) is 0.889. The third-order valence-electron chi connectivity index (χ3n) is 4.04. The largest absolute Gasteiger partial charge is 0.497 e. The van der Waals surface area contributed by atoms with E-state index in [-0.39, 0.29) is 17.7 Å². The molecule has 1 saturated carbocycles. The van der Waals surface area contributed by atoms with Crippen LogP contribution in [0.3, 0.4) is 0 Å². The minimum Gasteiger partial charge on any atom is -0.497 e. The fourth-order valence-corrected chi connectivity index (χ4v) is 2.60. The second-order valence-corrected chi connectivity index (χ2v) is 5.81. The number of nitrogens with one attached hydrogen (secondary N) is 1. The van der Waals surface area contributed by atoms with E-state index in [0.29, 0.717) is 25.6 Å². The molecule has 2 amide bonds. The molecule has 5 nitrogen and oxygen atoms in total. The van der Waals surface area contributed by atoms with E-state index in [4.69, 9.17) is 4.74 Å². The molecule has 5 heteroatoms. The number of methoxy groups -OCH3 is 1. The SMILES string of the molecule is COc1ccc(CN2CC(C(=O)NC3CC3)CC2=O)cc1. The van der Waals surface area contributed by atoms with E-state index in [9.17, 15) is 9.59 Å². The second kappa shape index (κ2) is 5.76. The number of benzene rings is 1. The van der Waals surface area contributed by atoms with Crippen molar-refractivity contribution in [3.8, 4) is 5.75 Å². The summed E-state index contributed by atoms with van der Waals surface area (Å²) in [5.74, 6) is 0.689. The second-order valence-electron chi connectivity index (χ2n) is 5.81. The van der Waals surface area contributed by atoms with Crippen molar-refractivity contribution >= 4 is 11.8 Å². The number of rotatable bonds is 5. The minimum absolute atomic E-state index is 0.0306. The summed E-state index contributed by atoms with van der Waals surface area (Å²) in [6.45, 7) is 1.07. The van der Waals surface area contributed by atoms with Crippen LogP contribution in [0, 0.1) is 5.92 Å². The number of nitrogens with zero attached hydrogens (tertiary/aromatic N) is 1. The molecule has 3 rings (SSSR count). The van der Waals surface area contributed by atoms with Crippen molar-refractivity contribution in [1.29, 1.82) is 0 Å². The highest BCUT2D eigenvalue weighted by atomic mass is 16.5. The van der Waals surface area contributed by atoms with E-state index in [1.807, 2.05) is 24.3 Å². The maximum absolute atomic E-state index is 12.0. The van der Waals surface area contributed by atoms with Crippen LogP contribution in [0.2, 0.25) is 0 Å².